The molecule has 3 rings (SSSR count). The maximum atomic E-state index is 12.7. The number of ether oxygens (including phenoxy) is 1. The molecule has 2 heterocycles. The van der Waals surface area contributed by atoms with Gasteiger partial charge in [-0.05, 0) is 25.2 Å². The van der Waals surface area contributed by atoms with Crippen LogP contribution >= 0.6 is 0 Å². The second-order valence-electron chi connectivity index (χ2n) is 7.96. The summed E-state index contributed by atoms with van der Waals surface area (Å²) in [7, 11) is 1.68. The van der Waals surface area contributed by atoms with E-state index in [1.165, 1.54) is 12.8 Å². The number of methoxy groups -OCH3 is 1. The van der Waals surface area contributed by atoms with Crippen molar-refractivity contribution < 1.29 is 9.53 Å². The molecular weight excluding hydrogens is 314 g/mol. The van der Waals surface area contributed by atoms with Crippen LogP contribution in [0.1, 0.15) is 50.4 Å². The normalized spacial score (nSPS) is 20.0. The van der Waals surface area contributed by atoms with E-state index < -0.39 is 0 Å². The lowest BCUT2D eigenvalue weighted by molar-refractivity contribution is 0.0846. The lowest BCUT2D eigenvalue weighted by Crippen LogP contribution is -2.39. The van der Waals surface area contributed by atoms with E-state index in [1.54, 1.807) is 13.3 Å². The van der Waals surface area contributed by atoms with Gasteiger partial charge in [0.25, 0.3) is 5.91 Å². The zero-order chi connectivity index (χ0) is 18.0. The van der Waals surface area contributed by atoms with Crippen LogP contribution in [-0.2, 0) is 4.74 Å². The fourth-order valence-corrected chi connectivity index (χ4v) is 3.20. The maximum Gasteiger partial charge on any atom is 0.255 e. The first-order valence-corrected chi connectivity index (χ1v) is 9.20. The number of hydrogen-bond acceptors (Lipinski definition) is 3. The van der Waals surface area contributed by atoms with Gasteiger partial charge in [0.1, 0.15) is 5.36 Å². The summed E-state index contributed by atoms with van der Waals surface area (Å²) >= 11 is 0. The second-order valence-corrected chi connectivity index (χ2v) is 7.96. The fraction of sp³-hybridized carbons (Fsp3) is 0.600. The molecule has 2 N–H and O–H groups in total. The van der Waals surface area contributed by atoms with Crippen molar-refractivity contribution in [3.63, 3.8) is 0 Å². The highest BCUT2D eigenvalue weighted by Crippen LogP contribution is 2.38. The van der Waals surface area contributed by atoms with Crippen LogP contribution in [0.2, 0.25) is 0 Å². The van der Waals surface area contributed by atoms with Crippen LogP contribution in [0.3, 0.4) is 0 Å². The number of H-pyrrole nitrogens is 1. The minimum atomic E-state index is -0.104. The molecule has 5 heteroatoms. The molecule has 1 aromatic heterocycles. The quantitative estimate of drug-likeness (QED) is 0.797. The van der Waals surface area contributed by atoms with Gasteiger partial charge in [0.15, 0.2) is 0 Å². The number of nitrogens with one attached hydrogen (secondary N) is 2. The van der Waals surface area contributed by atoms with Crippen molar-refractivity contribution in [3.8, 4) is 0 Å². The number of rotatable bonds is 7. The van der Waals surface area contributed by atoms with Gasteiger partial charge in [-0.3, -0.25) is 9.79 Å². The topological polar surface area (TPSA) is 66.5 Å². The summed E-state index contributed by atoms with van der Waals surface area (Å²) in [5.41, 5.74) is 1.67. The van der Waals surface area contributed by atoms with Crippen LogP contribution in [0.4, 0.5) is 0 Å². The Bertz CT molecular complexity index is 784. The number of allylic oxidation sites excluding steroid dienone is 2. The van der Waals surface area contributed by atoms with Crippen molar-refractivity contribution in [2.45, 2.75) is 40.0 Å². The molecule has 1 fully saturated rings. The molecule has 0 saturated heterocycles. The Morgan fingerprint density at radius 3 is 2.80 bits per heavy atom. The molecule has 0 aromatic carbocycles. The second kappa shape index (κ2) is 7.16. The Morgan fingerprint density at radius 1 is 1.40 bits per heavy atom. The largest absolute Gasteiger partial charge is 0.384 e. The van der Waals surface area contributed by atoms with Crippen molar-refractivity contribution in [2.24, 2.45) is 22.2 Å². The number of aromatic nitrogens is 1. The van der Waals surface area contributed by atoms with E-state index in [2.05, 4.69) is 43.2 Å². The van der Waals surface area contributed by atoms with Crippen LogP contribution in [0.5, 0.6) is 0 Å². The Kier molecular flexibility index (Phi) is 5.13. The molecule has 2 aliphatic rings. The third kappa shape index (κ3) is 4.21. The van der Waals surface area contributed by atoms with Crippen LogP contribution in [0.15, 0.2) is 23.0 Å². The molecule has 1 saturated carbocycles. The summed E-state index contributed by atoms with van der Waals surface area (Å²) in [6, 6.07) is 0. The molecule has 1 aromatic rings. The predicted molar refractivity (Wildman–Crippen MR) is 98.6 cm³/mol. The molecule has 1 unspecified atom stereocenters. The highest BCUT2D eigenvalue weighted by Gasteiger charge is 2.28. The zero-order valence-corrected chi connectivity index (χ0v) is 15.7. The number of carbonyl (C=O) groups excluding carboxylic acids is 1. The summed E-state index contributed by atoms with van der Waals surface area (Å²) in [5.74, 6) is 0.861. The van der Waals surface area contributed by atoms with Crippen molar-refractivity contribution >= 4 is 12.0 Å². The standard InChI is InChI=1S/C20H29N3O2/c1-5-13-8-16(14-6-7-14)23-18-15(10-21-17(18)9-13)19(24)22-11-20(2,3)12-25-4/h8-10,13-14,21H,5-7,11-12H2,1-4H3,(H,22,24). The van der Waals surface area contributed by atoms with Crippen LogP contribution in [-0.4, -0.2) is 31.2 Å². The van der Waals surface area contributed by atoms with Gasteiger partial charge in [0.05, 0.1) is 17.5 Å². The maximum absolute atomic E-state index is 12.7. The zero-order valence-electron chi connectivity index (χ0n) is 15.7. The lowest BCUT2D eigenvalue weighted by Gasteiger charge is -2.23. The highest BCUT2D eigenvalue weighted by molar-refractivity contribution is 5.93. The van der Waals surface area contributed by atoms with E-state index in [-0.39, 0.29) is 11.3 Å². The van der Waals surface area contributed by atoms with Crippen molar-refractivity contribution in [2.75, 3.05) is 20.3 Å². The summed E-state index contributed by atoms with van der Waals surface area (Å²) in [4.78, 5) is 20.8. The predicted octanol–water partition coefficient (Wildman–Crippen LogP) is 2.15. The van der Waals surface area contributed by atoms with Gasteiger partial charge >= 0.3 is 0 Å². The number of hydrogen-bond donors (Lipinski definition) is 2. The van der Waals surface area contributed by atoms with E-state index in [0.717, 1.165) is 22.8 Å². The van der Waals surface area contributed by atoms with Gasteiger partial charge in [-0.25, -0.2) is 0 Å². The molecule has 1 aliphatic carbocycles. The first kappa shape index (κ1) is 17.9. The van der Waals surface area contributed by atoms with Gasteiger partial charge in [0, 0.05) is 36.9 Å². The third-order valence-electron chi connectivity index (χ3n) is 4.86. The molecule has 0 bridgehead atoms. The number of nitrogens with zero attached hydrogens (tertiary/aromatic N) is 1. The molecule has 0 radical (unpaired) electrons. The number of amides is 1. The molecule has 1 aliphatic heterocycles. The number of carbonyl (C=O) groups is 1. The molecular formula is C20H29N3O2. The van der Waals surface area contributed by atoms with Crippen LogP contribution < -0.4 is 16.0 Å². The van der Waals surface area contributed by atoms with Crippen LogP contribution in [0.25, 0.3) is 6.08 Å². The molecule has 1 atom stereocenters. The molecule has 1 amide bonds. The third-order valence-corrected chi connectivity index (χ3v) is 4.86. The summed E-state index contributed by atoms with van der Waals surface area (Å²) in [6.07, 6.45) is 9.70. The Morgan fingerprint density at radius 2 is 2.16 bits per heavy atom. The monoisotopic (exact) mass is 343 g/mol. The molecule has 5 nitrogen and oxygen atoms in total. The van der Waals surface area contributed by atoms with Crippen molar-refractivity contribution in [1.29, 1.82) is 0 Å². The Balaban J connectivity index is 1.87. The minimum absolute atomic E-state index is 0.0797. The number of aromatic amines is 1. The summed E-state index contributed by atoms with van der Waals surface area (Å²) < 4.78 is 5.22. The van der Waals surface area contributed by atoms with E-state index in [1.807, 2.05) is 0 Å². The van der Waals surface area contributed by atoms with E-state index in [4.69, 9.17) is 9.73 Å². The SMILES string of the molecule is CCC1C=C(C2CC2)N=c2c(C(=O)NCC(C)(C)COC)c[nH]c2=C1. The van der Waals surface area contributed by atoms with E-state index in [0.29, 0.717) is 30.6 Å². The van der Waals surface area contributed by atoms with Crippen molar-refractivity contribution in [1.82, 2.24) is 10.3 Å². The smallest absolute Gasteiger partial charge is 0.255 e. The van der Waals surface area contributed by atoms with Crippen LogP contribution in [0, 0.1) is 17.3 Å². The summed E-state index contributed by atoms with van der Waals surface area (Å²) in [5, 5.41) is 4.78. The first-order chi connectivity index (χ1) is 11.9. The van der Waals surface area contributed by atoms with Gasteiger partial charge in [0.2, 0.25) is 0 Å². The molecule has 136 valence electrons. The molecule has 0 spiro atoms. The average Bonchev–Trinajstić information content (AvgIpc) is 3.36. The Labute approximate surface area is 149 Å². The van der Waals surface area contributed by atoms with E-state index in [9.17, 15) is 4.79 Å². The molecule has 25 heavy (non-hydrogen) atoms. The number of fused-ring (bicyclic) bond motifs is 1. The Hall–Kier alpha value is -1.88. The average molecular weight is 343 g/mol. The van der Waals surface area contributed by atoms with Gasteiger partial charge in [-0.15, -0.1) is 0 Å². The minimum Gasteiger partial charge on any atom is -0.384 e. The fourth-order valence-electron chi connectivity index (χ4n) is 3.20. The first-order valence-electron chi connectivity index (χ1n) is 9.20. The highest BCUT2D eigenvalue weighted by atomic mass is 16.5. The van der Waals surface area contributed by atoms with E-state index >= 15 is 0 Å². The van der Waals surface area contributed by atoms with Gasteiger partial charge < -0.3 is 15.0 Å². The van der Waals surface area contributed by atoms with Crippen molar-refractivity contribution in [3.05, 3.63) is 34.2 Å². The van der Waals surface area contributed by atoms with Gasteiger partial charge in [-0.1, -0.05) is 32.9 Å². The lowest BCUT2D eigenvalue weighted by atomic mass is 9.95. The summed E-state index contributed by atoms with van der Waals surface area (Å²) in [6.45, 7) is 7.50. The van der Waals surface area contributed by atoms with Gasteiger partial charge in [-0.2, -0.15) is 0 Å².